The summed E-state index contributed by atoms with van der Waals surface area (Å²) < 4.78 is 38.9. The largest absolute Gasteiger partial charge is 0.416 e. The van der Waals surface area contributed by atoms with Gasteiger partial charge < -0.3 is 15.5 Å². The summed E-state index contributed by atoms with van der Waals surface area (Å²) in [6, 6.07) is 8.58. The van der Waals surface area contributed by atoms with Crippen LogP contribution in [0.5, 0.6) is 0 Å². The normalized spacial score (nSPS) is 13.1. The van der Waals surface area contributed by atoms with Gasteiger partial charge in [0.05, 0.1) is 18.2 Å². The molecule has 152 valence electrons. The predicted molar refractivity (Wildman–Crippen MR) is 105 cm³/mol. The number of thiophene rings is 1. The molecule has 0 radical (unpaired) electrons. The van der Waals surface area contributed by atoms with Crippen LogP contribution in [-0.2, 0) is 17.5 Å². The number of alkyl halides is 3. The number of hydrogen-bond donors (Lipinski definition) is 2. The summed E-state index contributed by atoms with van der Waals surface area (Å²) in [6.45, 7) is 2.17. The Morgan fingerprint density at radius 3 is 2.61 bits per heavy atom. The molecule has 1 atom stereocenters. The van der Waals surface area contributed by atoms with E-state index in [0.717, 1.165) is 17.0 Å². The summed E-state index contributed by atoms with van der Waals surface area (Å²) in [5.74, 6) is 0.178. The summed E-state index contributed by atoms with van der Waals surface area (Å²) in [7, 11) is 3.27. The number of carbonyl (C=O) groups is 1. The van der Waals surface area contributed by atoms with E-state index in [-0.39, 0.29) is 12.5 Å². The van der Waals surface area contributed by atoms with Gasteiger partial charge in [0, 0.05) is 19.0 Å². The molecule has 0 fully saturated rings. The van der Waals surface area contributed by atoms with Crippen molar-refractivity contribution in [2.24, 2.45) is 4.99 Å². The topological polar surface area (TPSA) is 56.7 Å². The Bertz CT molecular complexity index is 804. The lowest BCUT2D eigenvalue weighted by molar-refractivity contribution is -0.137. The van der Waals surface area contributed by atoms with Crippen LogP contribution < -0.4 is 10.6 Å². The van der Waals surface area contributed by atoms with Crippen LogP contribution in [0.4, 0.5) is 13.2 Å². The van der Waals surface area contributed by atoms with E-state index in [1.54, 1.807) is 38.4 Å². The number of halogens is 3. The van der Waals surface area contributed by atoms with Gasteiger partial charge in [-0.1, -0.05) is 18.2 Å². The Morgan fingerprint density at radius 1 is 1.25 bits per heavy atom. The third-order valence-electron chi connectivity index (χ3n) is 3.95. The first-order valence-electron chi connectivity index (χ1n) is 8.61. The average molecular weight is 412 g/mol. The maximum absolute atomic E-state index is 13.0. The van der Waals surface area contributed by atoms with E-state index in [1.807, 2.05) is 17.5 Å². The third kappa shape index (κ3) is 6.56. The van der Waals surface area contributed by atoms with Crippen molar-refractivity contribution in [2.75, 3.05) is 20.6 Å². The third-order valence-corrected chi connectivity index (χ3v) is 4.82. The quantitative estimate of drug-likeness (QED) is 0.563. The Hall–Kier alpha value is -2.55. The molecule has 5 nitrogen and oxygen atoms in total. The SMILES string of the molecule is CC(NC(=NCC(=O)N(C)C)NCc1cccs1)c1cccc(C(F)(F)F)c1. The van der Waals surface area contributed by atoms with Crippen molar-refractivity contribution < 1.29 is 18.0 Å². The van der Waals surface area contributed by atoms with Crippen LogP contribution >= 0.6 is 11.3 Å². The number of benzene rings is 1. The summed E-state index contributed by atoms with van der Waals surface area (Å²) in [5, 5.41) is 8.14. The first-order valence-corrected chi connectivity index (χ1v) is 9.49. The van der Waals surface area contributed by atoms with Gasteiger partial charge in [0.2, 0.25) is 5.91 Å². The molecule has 1 aromatic carbocycles. The highest BCUT2D eigenvalue weighted by atomic mass is 32.1. The van der Waals surface area contributed by atoms with Crippen molar-refractivity contribution in [3.8, 4) is 0 Å². The van der Waals surface area contributed by atoms with Gasteiger partial charge in [-0.25, -0.2) is 4.99 Å². The van der Waals surface area contributed by atoms with E-state index in [1.165, 1.54) is 11.0 Å². The lowest BCUT2D eigenvalue weighted by Gasteiger charge is -2.20. The van der Waals surface area contributed by atoms with Gasteiger partial charge in [-0.2, -0.15) is 13.2 Å². The van der Waals surface area contributed by atoms with Crippen molar-refractivity contribution in [3.05, 3.63) is 57.8 Å². The standard InChI is InChI=1S/C19H23F3N4OS/c1-13(14-6-4-7-15(10-14)19(20,21)22)25-18(24-12-17(27)26(2)3)23-11-16-8-5-9-28-16/h4-10,13H,11-12H2,1-3H3,(H2,23,24,25). The van der Waals surface area contributed by atoms with Gasteiger partial charge in [-0.15, -0.1) is 11.3 Å². The number of carbonyl (C=O) groups excluding carboxylic acids is 1. The molecule has 0 saturated heterocycles. The van der Waals surface area contributed by atoms with Crippen LogP contribution in [0.2, 0.25) is 0 Å². The second kappa shape index (κ2) is 9.59. The highest BCUT2D eigenvalue weighted by molar-refractivity contribution is 7.09. The van der Waals surface area contributed by atoms with E-state index in [0.29, 0.717) is 18.1 Å². The molecule has 1 amide bonds. The molecule has 0 aliphatic rings. The first-order chi connectivity index (χ1) is 13.2. The maximum Gasteiger partial charge on any atom is 0.416 e. The second-order valence-corrected chi connectivity index (χ2v) is 7.41. The summed E-state index contributed by atoms with van der Waals surface area (Å²) in [4.78, 5) is 18.6. The van der Waals surface area contributed by atoms with Gasteiger partial charge in [0.25, 0.3) is 0 Å². The number of aliphatic imine (C=N–C) groups is 1. The van der Waals surface area contributed by atoms with E-state index >= 15 is 0 Å². The molecule has 0 spiro atoms. The second-order valence-electron chi connectivity index (χ2n) is 6.38. The minimum atomic E-state index is -4.40. The highest BCUT2D eigenvalue weighted by Gasteiger charge is 2.30. The number of hydrogen-bond acceptors (Lipinski definition) is 3. The summed E-state index contributed by atoms with van der Waals surface area (Å²) >= 11 is 1.57. The number of likely N-dealkylation sites (N-methyl/N-ethyl adjacent to an activating group) is 1. The molecule has 2 N–H and O–H groups in total. The Balaban J connectivity index is 2.13. The molecule has 1 unspecified atom stereocenters. The zero-order valence-electron chi connectivity index (χ0n) is 15.9. The number of nitrogens with zero attached hydrogens (tertiary/aromatic N) is 2. The maximum atomic E-state index is 13.0. The Morgan fingerprint density at radius 2 is 2.00 bits per heavy atom. The van der Waals surface area contributed by atoms with E-state index in [4.69, 9.17) is 0 Å². The number of guanidine groups is 1. The zero-order chi connectivity index (χ0) is 20.7. The van der Waals surface area contributed by atoms with Crippen LogP contribution in [0.3, 0.4) is 0 Å². The fourth-order valence-electron chi connectivity index (χ4n) is 2.30. The molecule has 0 bridgehead atoms. The fraction of sp³-hybridized carbons (Fsp3) is 0.368. The first kappa shape index (κ1) is 21.7. The lowest BCUT2D eigenvalue weighted by Crippen LogP contribution is -2.39. The van der Waals surface area contributed by atoms with Crippen molar-refractivity contribution in [3.63, 3.8) is 0 Å². The van der Waals surface area contributed by atoms with E-state index in [2.05, 4.69) is 15.6 Å². The Labute approximate surface area is 166 Å². The van der Waals surface area contributed by atoms with Crippen LogP contribution in [0.25, 0.3) is 0 Å². The molecule has 0 saturated carbocycles. The molecular weight excluding hydrogens is 389 g/mol. The average Bonchev–Trinajstić information content (AvgIpc) is 3.16. The number of nitrogens with one attached hydrogen (secondary N) is 2. The monoisotopic (exact) mass is 412 g/mol. The fourth-order valence-corrected chi connectivity index (χ4v) is 2.94. The van der Waals surface area contributed by atoms with Crippen LogP contribution in [0.1, 0.15) is 29.0 Å². The van der Waals surface area contributed by atoms with E-state index < -0.39 is 17.8 Å². The summed E-state index contributed by atoms with van der Waals surface area (Å²) in [5.41, 5.74) is -0.231. The van der Waals surface area contributed by atoms with Crippen molar-refractivity contribution >= 4 is 23.2 Å². The number of rotatable bonds is 6. The van der Waals surface area contributed by atoms with E-state index in [9.17, 15) is 18.0 Å². The molecule has 0 aliphatic carbocycles. The van der Waals surface area contributed by atoms with Crippen molar-refractivity contribution in [1.82, 2.24) is 15.5 Å². The molecule has 1 aromatic heterocycles. The minimum absolute atomic E-state index is 0.0674. The van der Waals surface area contributed by atoms with Crippen molar-refractivity contribution in [1.29, 1.82) is 0 Å². The lowest BCUT2D eigenvalue weighted by atomic mass is 10.1. The molecule has 2 rings (SSSR count). The van der Waals surface area contributed by atoms with Crippen LogP contribution in [0.15, 0.2) is 46.8 Å². The molecule has 2 aromatic rings. The van der Waals surface area contributed by atoms with Crippen LogP contribution in [0, 0.1) is 0 Å². The van der Waals surface area contributed by atoms with Gasteiger partial charge in [-0.05, 0) is 36.1 Å². The van der Waals surface area contributed by atoms with Gasteiger partial charge in [-0.3, -0.25) is 4.79 Å². The smallest absolute Gasteiger partial charge is 0.351 e. The molecule has 9 heteroatoms. The van der Waals surface area contributed by atoms with Gasteiger partial charge >= 0.3 is 6.18 Å². The molecular formula is C19H23F3N4OS. The van der Waals surface area contributed by atoms with Crippen LogP contribution in [-0.4, -0.2) is 37.4 Å². The highest BCUT2D eigenvalue weighted by Crippen LogP contribution is 2.30. The van der Waals surface area contributed by atoms with Crippen molar-refractivity contribution in [2.45, 2.75) is 25.7 Å². The minimum Gasteiger partial charge on any atom is -0.351 e. The van der Waals surface area contributed by atoms with Gasteiger partial charge in [0.15, 0.2) is 5.96 Å². The Kier molecular flexibility index (Phi) is 7.45. The molecule has 1 heterocycles. The predicted octanol–water partition coefficient (Wildman–Crippen LogP) is 3.65. The molecule has 28 heavy (non-hydrogen) atoms. The van der Waals surface area contributed by atoms with Gasteiger partial charge in [0.1, 0.15) is 6.54 Å². The summed E-state index contributed by atoms with van der Waals surface area (Å²) in [6.07, 6.45) is -4.40. The molecule has 0 aliphatic heterocycles. The zero-order valence-corrected chi connectivity index (χ0v) is 16.7. The number of amides is 1.